The number of allylic oxidation sites excluding steroid dienone is 1. The van der Waals surface area contributed by atoms with Gasteiger partial charge in [0.05, 0.1) is 5.69 Å². The number of hydrogen-bond acceptors (Lipinski definition) is 1. The van der Waals surface area contributed by atoms with Crippen molar-refractivity contribution < 1.29 is 4.39 Å². The average Bonchev–Trinajstić information content (AvgIpc) is 2.38. The Labute approximate surface area is 109 Å². The molecule has 1 rings (SSSR count). The Balaban J connectivity index is 3.17. The Morgan fingerprint density at radius 2 is 2.11 bits per heavy atom. The fourth-order valence-corrected chi connectivity index (χ4v) is 1.80. The third-order valence-electron chi connectivity index (χ3n) is 3.04. The molecular formula is C16H22FN. The maximum Gasteiger partial charge on any atom is 0.146 e. The van der Waals surface area contributed by atoms with Gasteiger partial charge in [0, 0.05) is 6.20 Å². The maximum absolute atomic E-state index is 13.9. The van der Waals surface area contributed by atoms with Crippen LogP contribution >= 0.6 is 0 Å². The van der Waals surface area contributed by atoms with Crippen LogP contribution in [0.15, 0.2) is 30.5 Å². The van der Waals surface area contributed by atoms with Crippen molar-refractivity contribution in [3.05, 3.63) is 47.4 Å². The van der Waals surface area contributed by atoms with Crippen LogP contribution < -0.4 is 5.32 Å². The zero-order valence-electron chi connectivity index (χ0n) is 11.5. The first-order valence-electron chi connectivity index (χ1n) is 6.50. The molecule has 1 aromatic carbocycles. The van der Waals surface area contributed by atoms with Crippen LogP contribution in [-0.4, -0.2) is 0 Å². The molecule has 0 radical (unpaired) electrons. The highest BCUT2D eigenvalue weighted by Crippen LogP contribution is 2.26. The predicted molar refractivity (Wildman–Crippen MR) is 78.2 cm³/mol. The van der Waals surface area contributed by atoms with Crippen LogP contribution in [-0.2, 0) is 6.42 Å². The minimum absolute atomic E-state index is 0.204. The summed E-state index contributed by atoms with van der Waals surface area (Å²) in [4.78, 5) is 0. The number of hydrogen-bond donors (Lipinski definition) is 1. The van der Waals surface area contributed by atoms with E-state index < -0.39 is 0 Å². The lowest BCUT2D eigenvalue weighted by atomic mass is 10.0. The van der Waals surface area contributed by atoms with Gasteiger partial charge in [0.2, 0.25) is 0 Å². The van der Waals surface area contributed by atoms with Gasteiger partial charge < -0.3 is 5.32 Å². The molecule has 98 valence electrons. The van der Waals surface area contributed by atoms with Crippen molar-refractivity contribution in [3.8, 4) is 0 Å². The van der Waals surface area contributed by atoms with Crippen LogP contribution in [0, 0.1) is 5.82 Å². The molecule has 2 heteroatoms. The molecule has 0 aliphatic carbocycles. The molecule has 0 aliphatic rings. The lowest BCUT2D eigenvalue weighted by molar-refractivity contribution is 0.629. The van der Waals surface area contributed by atoms with Gasteiger partial charge in [0.25, 0.3) is 0 Å². The van der Waals surface area contributed by atoms with E-state index in [1.807, 2.05) is 13.1 Å². The number of benzene rings is 1. The van der Waals surface area contributed by atoms with Crippen LogP contribution in [0.1, 0.15) is 44.7 Å². The van der Waals surface area contributed by atoms with Gasteiger partial charge in [-0.3, -0.25) is 0 Å². The molecule has 0 spiro atoms. The van der Waals surface area contributed by atoms with E-state index in [-0.39, 0.29) is 5.82 Å². The predicted octanol–water partition coefficient (Wildman–Crippen LogP) is 5.15. The molecule has 18 heavy (non-hydrogen) atoms. The Hall–Kier alpha value is -1.57. The summed E-state index contributed by atoms with van der Waals surface area (Å²) in [6, 6.07) is 3.28. The van der Waals surface area contributed by atoms with E-state index in [1.165, 1.54) is 11.6 Å². The smallest absolute Gasteiger partial charge is 0.146 e. The molecule has 1 N–H and O–H groups in total. The van der Waals surface area contributed by atoms with Crippen LogP contribution in [0.2, 0.25) is 0 Å². The third kappa shape index (κ3) is 3.46. The summed E-state index contributed by atoms with van der Waals surface area (Å²) in [7, 11) is 0. The second kappa shape index (κ2) is 7.00. The quantitative estimate of drug-likeness (QED) is 0.733. The van der Waals surface area contributed by atoms with E-state index in [2.05, 4.69) is 25.7 Å². The molecule has 0 bridgehead atoms. The Morgan fingerprint density at radius 1 is 1.39 bits per heavy atom. The maximum atomic E-state index is 13.9. The molecule has 0 aliphatic heterocycles. The van der Waals surface area contributed by atoms with E-state index in [0.717, 1.165) is 30.4 Å². The van der Waals surface area contributed by atoms with Crippen molar-refractivity contribution in [1.29, 1.82) is 0 Å². The zero-order chi connectivity index (χ0) is 13.5. The third-order valence-corrected chi connectivity index (χ3v) is 3.04. The summed E-state index contributed by atoms with van der Waals surface area (Å²) in [5.74, 6) is -0.204. The molecule has 0 fully saturated rings. The largest absolute Gasteiger partial charge is 0.359 e. The SMILES string of the molecule is C=Cc1ccc(F)c(N/C=C(\C)CC)c1CCC. The molecule has 1 aromatic rings. The van der Waals surface area contributed by atoms with Gasteiger partial charge >= 0.3 is 0 Å². The summed E-state index contributed by atoms with van der Waals surface area (Å²) in [5.41, 5.74) is 3.79. The molecule has 1 nitrogen and oxygen atoms in total. The topological polar surface area (TPSA) is 12.0 Å². The van der Waals surface area contributed by atoms with E-state index in [1.54, 1.807) is 12.1 Å². The van der Waals surface area contributed by atoms with Gasteiger partial charge in [-0.2, -0.15) is 0 Å². The normalized spacial score (nSPS) is 11.4. The van der Waals surface area contributed by atoms with E-state index in [4.69, 9.17) is 0 Å². The van der Waals surface area contributed by atoms with Gasteiger partial charge in [-0.15, -0.1) is 0 Å². The summed E-state index contributed by atoms with van der Waals surface area (Å²) in [6.07, 6.45) is 6.45. The van der Waals surface area contributed by atoms with Crippen molar-refractivity contribution in [3.63, 3.8) is 0 Å². The summed E-state index contributed by atoms with van der Waals surface area (Å²) >= 11 is 0. The molecular weight excluding hydrogens is 225 g/mol. The lowest BCUT2D eigenvalue weighted by Gasteiger charge is -2.13. The van der Waals surface area contributed by atoms with Crippen molar-refractivity contribution in [2.24, 2.45) is 0 Å². The average molecular weight is 247 g/mol. The highest BCUT2D eigenvalue weighted by molar-refractivity contribution is 5.65. The number of nitrogens with one attached hydrogen (secondary N) is 1. The van der Waals surface area contributed by atoms with Crippen LogP contribution in [0.3, 0.4) is 0 Å². The van der Waals surface area contributed by atoms with E-state index >= 15 is 0 Å². The fraction of sp³-hybridized carbons (Fsp3) is 0.375. The molecule has 0 saturated carbocycles. The van der Waals surface area contributed by atoms with E-state index in [9.17, 15) is 4.39 Å². The highest BCUT2D eigenvalue weighted by Gasteiger charge is 2.10. The first kappa shape index (κ1) is 14.5. The molecule has 0 saturated heterocycles. The minimum atomic E-state index is -0.204. The standard InChI is InChI=1S/C16H22FN/c1-5-8-14-13(7-3)9-10-15(17)16(14)18-11-12(4)6-2/h7,9-11,18H,3,5-6,8H2,1-2,4H3/b12-11+. The zero-order valence-corrected chi connectivity index (χ0v) is 11.5. The van der Waals surface area contributed by atoms with Crippen LogP contribution in [0.4, 0.5) is 10.1 Å². The second-order valence-corrected chi connectivity index (χ2v) is 4.43. The first-order chi connectivity index (χ1) is 8.63. The molecule has 0 unspecified atom stereocenters. The van der Waals surface area contributed by atoms with Crippen molar-refractivity contribution in [2.75, 3.05) is 5.32 Å². The fourth-order valence-electron chi connectivity index (χ4n) is 1.80. The second-order valence-electron chi connectivity index (χ2n) is 4.43. The molecule has 0 aromatic heterocycles. The highest BCUT2D eigenvalue weighted by atomic mass is 19.1. The number of halogens is 1. The Kier molecular flexibility index (Phi) is 5.63. The Bertz CT molecular complexity index is 447. The van der Waals surface area contributed by atoms with Crippen molar-refractivity contribution >= 4 is 11.8 Å². The van der Waals surface area contributed by atoms with Gasteiger partial charge in [-0.1, -0.05) is 44.6 Å². The molecule has 0 heterocycles. The van der Waals surface area contributed by atoms with Crippen molar-refractivity contribution in [1.82, 2.24) is 0 Å². The number of anilines is 1. The summed E-state index contributed by atoms with van der Waals surface area (Å²) in [6.45, 7) is 9.99. The van der Waals surface area contributed by atoms with Gasteiger partial charge in [-0.25, -0.2) is 4.39 Å². The number of rotatable bonds is 6. The summed E-state index contributed by atoms with van der Waals surface area (Å²) in [5, 5.41) is 3.11. The summed E-state index contributed by atoms with van der Waals surface area (Å²) < 4.78 is 13.9. The van der Waals surface area contributed by atoms with Crippen LogP contribution in [0.25, 0.3) is 6.08 Å². The monoisotopic (exact) mass is 247 g/mol. The van der Waals surface area contributed by atoms with Gasteiger partial charge in [-0.05, 0) is 37.0 Å². The van der Waals surface area contributed by atoms with E-state index in [0.29, 0.717) is 5.69 Å². The first-order valence-corrected chi connectivity index (χ1v) is 6.50. The Morgan fingerprint density at radius 3 is 2.67 bits per heavy atom. The molecule has 0 amide bonds. The minimum Gasteiger partial charge on any atom is -0.359 e. The van der Waals surface area contributed by atoms with Crippen LogP contribution in [0.5, 0.6) is 0 Å². The van der Waals surface area contributed by atoms with Gasteiger partial charge in [0.15, 0.2) is 0 Å². The lowest BCUT2D eigenvalue weighted by Crippen LogP contribution is -2.01. The van der Waals surface area contributed by atoms with Gasteiger partial charge in [0.1, 0.15) is 5.82 Å². The van der Waals surface area contributed by atoms with Crippen molar-refractivity contribution in [2.45, 2.75) is 40.0 Å². The molecule has 0 atom stereocenters.